The molecule has 1 amide bonds. The molecule has 4 nitrogen and oxygen atoms in total. The summed E-state index contributed by atoms with van der Waals surface area (Å²) in [5.74, 6) is 0.638. The molecule has 0 fully saturated rings. The average Bonchev–Trinajstić information content (AvgIpc) is 2.27. The molecule has 0 aliphatic carbocycles. The van der Waals surface area contributed by atoms with Crippen LogP contribution in [0.4, 0.5) is 5.69 Å². The molecule has 1 aromatic carbocycles. The molecule has 0 aromatic heterocycles. The van der Waals surface area contributed by atoms with Crippen LogP contribution in [0, 0.1) is 6.92 Å². The molecule has 2 N–H and O–H groups in total. The molecule has 1 atom stereocenters. The molecular formula is C12H15ClN2O2. The Hall–Kier alpha value is -1.26. The van der Waals surface area contributed by atoms with Gasteiger partial charge < -0.3 is 15.4 Å². The van der Waals surface area contributed by atoms with E-state index in [-0.39, 0.29) is 5.91 Å². The number of ether oxygens (including phenoxy) is 1. The summed E-state index contributed by atoms with van der Waals surface area (Å²) in [7, 11) is 1.73. The van der Waals surface area contributed by atoms with E-state index in [2.05, 4.69) is 0 Å². The molecule has 0 saturated heterocycles. The molecule has 1 heterocycles. The summed E-state index contributed by atoms with van der Waals surface area (Å²) < 4.78 is 5.71. The fourth-order valence-corrected chi connectivity index (χ4v) is 2.24. The van der Waals surface area contributed by atoms with Gasteiger partial charge in [0, 0.05) is 18.5 Å². The van der Waals surface area contributed by atoms with Crippen molar-refractivity contribution in [2.24, 2.45) is 5.73 Å². The van der Waals surface area contributed by atoms with Crippen molar-refractivity contribution in [3.8, 4) is 5.75 Å². The number of halogens is 1. The van der Waals surface area contributed by atoms with Crippen molar-refractivity contribution in [1.29, 1.82) is 0 Å². The van der Waals surface area contributed by atoms with Crippen LogP contribution < -0.4 is 15.4 Å². The van der Waals surface area contributed by atoms with E-state index >= 15 is 0 Å². The topological polar surface area (TPSA) is 55.6 Å². The predicted molar refractivity (Wildman–Crippen MR) is 67.7 cm³/mol. The lowest BCUT2D eigenvalue weighted by Crippen LogP contribution is -2.44. The third-order valence-corrected chi connectivity index (χ3v) is 3.09. The first-order valence-corrected chi connectivity index (χ1v) is 5.87. The Balaban J connectivity index is 2.45. The molecule has 5 heteroatoms. The highest BCUT2D eigenvalue weighted by Crippen LogP contribution is 2.38. The van der Waals surface area contributed by atoms with Gasteiger partial charge in [0.15, 0.2) is 6.10 Å². The third kappa shape index (κ3) is 2.10. The van der Waals surface area contributed by atoms with Crippen molar-refractivity contribution >= 4 is 23.2 Å². The van der Waals surface area contributed by atoms with Crippen molar-refractivity contribution < 1.29 is 9.53 Å². The first-order valence-electron chi connectivity index (χ1n) is 5.49. The lowest BCUT2D eigenvalue weighted by atomic mass is 10.1. The Morgan fingerprint density at radius 1 is 1.53 bits per heavy atom. The van der Waals surface area contributed by atoms with E-state index in [1.165, 1.54) is 0 Å². The number of amides is 1. The summed E-state index contributed by atoms with van der Waals surface area (Å²) >= 11 is 5.98. The molecule has 0 saturated carbocycles. The van der Waals surface area contributed by atoms with Crippen LogP contribution in [0.3, 0.4) is 0 Å². The zero-order valence-corrected chi connectivity index (χ0v) is 10.6. The number of nitrogens with two attached hydrogens (primary N) is 1. The zero-order valence-electron chi connectivity index (χ0n) is 9.87. The average molecular weight is 255 g/mol. The fraction of sp³-hybridized carbons (Fsp3) is 0.417. The number of fused-ring (bicyclic) bond motifs is 1. The maximum absolute atomic E-state index is 12.0. The first kappa shape index (κ1) is 12.2. The summed E-state index contributed by atoms with van der Waals surface area (Å²) in [4.78, 5) is 13.6. The van der Waals surface area contributed by atoms with E-state index in [1.54, 1.807) is 18.0 Å². The van der Waals surface area contributed by atoms with Crippen LogP contribution in [-0.4, -0.2) is 25.6 Å². The van der Waals surface area contributed by atoms with Gasteiger partial charge in [0.25, 0.3) is 5.91 Å². The highest BCUT2D eigenvalue weighted by molar-refractivity contribution is 6.31. The van der Waals surface area contributed by atoms with Crippen LogP contribution in [0.15, 0.2) is 12.1 Å². The molecular weight excluding hydrogens is 240 g/mol. The number of rotatable bonds is 2. The monoisotopic (exact) mass is 254 g/mol. The number of benzene rings is 1. The van der Waals surface area contributed by atoms with E-state index in [0.717, 1.165) is 11.3 Å². The second-order valence-electron chi connectivity index (χ2n) is 4.15. The number of anilines is 1. The van der Waals surface area contributed by atoms with Crippen molar-refractivity contribution in [2.45, 2.75) is 19.4 Å². The van der Waals surface area contributed by atoms with Crippen molar-refractivity contribution in [1.82, 2.24) is 0 Å². The van der Waals surface area contributed by atoms with Crippen LogP contribution in [0.2, 0.25) is 5.02 Å². The second-order valence-corrected chi connectivity index (χ2v) is 4.59. The Morgan fingerprint density at radius 3 is 2.88 bits per heavy atom. The van der Waals surface area contributed by atoms with E-state index < -0.39 is 6.10 Å². The molecule has 17 heavy (non-hydrogen) atoms. The minimum Gasteiger partial charge on any atom is -0.478 e. The standard InChI is InChI=1S/C12H15ClN2O2/c1-7-5-8(13)6-9-11(7)17-10(3-4-14)12(16)15(9)2/h5-6,10H,3-4,14H2,1-2H3. The molecule has 1 aliphatic rings. The third-order valence-electron chi connectivity index (χ3n) is 2.88. The summed E-state index contributed by atoms with van der Waals surface area (Å²) in [5.41, 5.74) is 7.12. The van der Waals surface area contributed by atoms with E-state index in [4.69, 9.17) is 22.1 Å². The van der Waals surface area contributed by atoms with Gasteiger partial charge in [0.2, 0.25) is 0 Å². The minimum atomic E-state index is -0.489. The minimum absolute atomic E-state index is 0.0791. The van der Waals surface area contributed by atoms with Gasteiger partial charge in [-0.2, -0.15) is 0 Å². The van der Waals surface area contributed by atoms with Crippen molar-refractivity contribution in [2.75, 3.05) is 18.5 Å². The SMILES string of the molecule is Cc1cc(Cl)cc2c1OC(CCN)C(=O)N2C. The second kappa shape index (κ2) is 4.55. The zero-order chi connectivity index (χ0) is 12.6. The van der Waals surface area contributed by atoms with Crippen LogP contribution in [0.1, 0.15) is 12.0 Å². The lowest BCUT2D eigenvalue weighted by molar-refractivity contribution is -0.126. The van der Waals surface area contributed by atoms with Gasteiger partial charge in [-0.3, -0.25) is 4.79 Å². The van der Waals surface area contributed by atoms with Gasteiger partial charge in [-0.25, -0.2) is 0 Å². The molecule has 1 aromatic rings. The summed E-state index contributed by atoms with van der Waals surface area (Å²) in [5, 5.41) is 0.599. The molecule has 0 radical (unpaired) electrons. The molecule has 0 spiro atoms. The van der Waals surface area contributed by atoms with Crippen LogP contribution in [0.25, 0.3) is 0 Å². The van der Waals surface area contributed by atoms with Gasteiger partial charge in [-0.1, -0.05) is 11.6 Å². The van der Waals surface area contributed by atoms with Gasteiger partial charge >= 0.3 is 0 Å². The molecule has 92 valence electrons. The molecule has 0 bridgehead atoms. The van der Waals surface area contributed by atoms with Gasteiger partial charge in [0.05, 0.1) is 5.69 Å². The van der Waals surface area contributed by atoms with Gasteiger partial charge in [0.1, 0.15) is 5.75 Å². The van der Waals surface area contributed by atoms with Crippen molar-refractivity contribution in [3.05, 3.63) is 22.7 Å². The predicted octanol–water partition coefficient (Wildman–Crippen LogP) is 1.72. The van der Waals surface area contributed by atoms with E-state index in [1.807, 2.05) is 13.0 Å². The number of nitrogens with zero attached hydrogens (tertiary/aromatic N) is 1. The Labute approximate surface area is 105 Å². The number of carbonyl (C=O) groups is 1. The highest BCUT2D eigenvalue weighted by atomic mass is 35.5. The van der Waals surface area contributed by atoms with Crippen LogP contribution in [-0.2, 0) is 4.79 Å². The molecule has 1 unspecified atom stereocenters. The number of likely N-dealkylation sites (N-methyl/N-ethyl adjacent to an activating group) is 1. The summed E-state index contributed by atoms with van der Waals surface area (Å²) in [6.45, 7) is 2.33. The van der Waals surface area contributed by atoms with Gasteiger partial charge in [-0.05, 0) is 31.2 Å². The summed E-state index contributed by atoms with van der Waals surface area (Å²) in [6, 6.07) is 3.56. The van der Waals surface area contributed by atoms with Crippen LogP contribution >= 0.6 is 11.6 Å². The highest BCUT2D eigenvalue weighted by Gasteiger charge is 2.32. The van der Waals surface area contributed by atoms with Crippen LogP contribution in [0.5, 0.6) is 5.75 Å². The number of hydrogen-bond acceptors (Lipinski definition) is 3. The number of aryl methyl sites for hydroxylation is 1. The van der Waals surface area contributed by atoms with Gasteiger partial charge in [-0.15, -0.1) is 0 Å². The maximum atomic E-state index is 12.0. The Bertz CT molecular complexity index is 462. The van der Waals surface area contributed by atoms with E-state index in [9.17, 15) is 4.79 Å². The Kier molecular flexibility index (Phi) is 3.26. The first-order chi connectivity index (χ1) is 8.04. The molecule has 1 aliphatic heterocycles. The smallest absolute Gasteiger partial charge is 0.267 e. The quantitative estimate of drug-likeness (QED) is 0.874. The summed E-state index contributed by atoms with van der Waals surface area (Å²) in [6.07, 6.45) is 0.0300. The number of carbonyl (C=O) groups excluding carboxylic acids is 1. The largest absolute Gasteiger partial charge is 0.478 e. The fourth-order valence-electron chi connectivity index (χ4n) is 1.98. The Morgan fingerprint density at radius 2 is 2.24 bits per heavy atom. The van der Waals surface area contributed by atoms with Crippen molar-refractivity contribution in [3.63, 3.8) is 0 Å². The van der Waals surface area contributed by atoms with E-state index in [0.29, 0.717) is 23.7 Å². The maximum Gasteiger partial charge on any atom is 0.267 e. The lowest BCUT2D eigenvalue weighted by Gasteiger charge is -2.33. The number of hydrogen-bond donors (Lipinski definition) is 1. The molecule has 2 rings (SSSR count). The normalized spacial score (nSPS) is 18.9.